The molecule has 2 saturated heterocycles. The predicted molar refractivity (Wildman–Crippen MR) is 57.8 cm³/mol. The first-order valence-corrected chi connectivity index (χ1v) is 5.77. The largest absolute Gasteiger partial charge is 0.387 e. The number of carbonyl (C=O) groups excluding carboxylic acids is 1. The molecule has 2 aliphatic heterocycles. The van der Waals surface area contributed by atoms with Crippen LogP contribution in [0.1, 0.15) is 27.2 Å². The molecule has 0 amide bonds. The van der Waals surface area contributed by atoms with E-state index in [1.165, 1.54) is 0 Å². The van der Waals surface area contributed by atoms with E-state index in [-0.39, 0.29) is 12.2 Å². The van der Waals surface area contributed by atoms with Crippen molar-refractivity contribution in [2.45, 2.75) is 57.6 Å². The molecule has 0 aromatic carbocycles. The van der Waals surface area contributed by atoms with Crippen molar-refractivity contribution < 1.29 is 24.1 Å². The summed E-state index contributed by atoms with van der Waals surface area (Å²) >= 11 is 0. The van der Waals surface area contributed by atoms with Gasteiger partial charge in [0.15, 0.2) is 12.1 Å². The number of fused-ring (bicyclic) bond motifs is 1. The molecule has 0 aromatic heterocycles. The zero-order chi connectivity index (χ0) is 12.8. The number of ether oxygens (including phenoxy) is 3. The fraction of sp³-hybridized carbons (Fsp3) is 0.833. The van der Waals surface area contributed by atoms with Gasteiger partial charge >= 0.3 is 0 Å². The van der Waals surface area contributed by atoms with E-state index in [1.54, 1.807) is 20.8 Å². The first-order valence-electron chi connectivity index (χ1n) is 5.77. The minimum Gasteiger partial charge on any atom is -0.387 e. The lowest BCUT2D eigenvalue weighted by Crippen LogP contribution is -2.39. The van der Waals surface area contributed by atoms with Crippen LogP contribution in [0, 0.1) is 12.8 Å². The maximum Gasteiger partial charge on any atom is 0.190 e. The van der Waals surface area contributed by atoms with Gasteiger partial charge in [0.25, 0.3) is 0 Å². The third-order valence-electron chi connectivity index (χ3n) is 3.25. The summed E-state index contributed by atoms with van der Waals surface area (Å²) in [7, 11) is 0. The van der Waals surface area contributed by atoms with Gasteiger partial charge in [0, 0.05) is 12.3 Å². The Bertz CT molecular complexity index is 314. The van der Waals surface area contributed by atoms with E-state index in [9.17, 15) is 9.90 Å². The van der Waals surface area contributed by atoms with Crippen molar-refractivity contribution in [1.82, 2.24) is 0 Å². The van der Waals surface area contributed by atoms with Crippen LogP contribution >= 0.6 is 0 Å². The Hall–Kier alpha value is -0.490. The molecule has 0 bridgehead atoms. The molecular weight excluding hydrogens is 224 g/mol. The van der Waals surface area contributed by atoms with Gasteiger partial charge in [-0.05, 0) is 20.8 Å². The molecule has 2 aliphatic rings. The van der Waals surface area contributed by atoms with Crippen LogP contribution in [0.5, 0.6) is 0 Å². The number of aliphatic hydroxyl groups excluding tert-OH is 1. The standard InChI is InChI=1S/C12H18O5/c1-5-7(13)6(2)9-8(14)10-11(15-9)17-12(3,4)16-10/h1,6,8-11,14H,5H2,2-4H3/t6-,8-,9+,10+,11+/m0/s1. The molecule has 0 aromatic rings. The van der Waals surface area contributed by atoms with E-state index in [0.29, 0.717) is 0 Å². The molecule has 0 spiro atoms. The number of aliphatic hydroxyl groups is 1. The van der Waals surface area contributed by atoms with Crippen molar-refractivity contribution >= 4 is 5.78 Å². The lowest BCUT2D eigenvalue weighted by molar-refractivity contribution is -0.219. The lowest BCUT2D eigenvalue weighted by atomic mass is 9.93. The monoisotopic (exact) mass is 242 g/mol. The highest BCUT2D eigenvalue weighted by atomic mass is 16.8. The Morgan fingerprint density at radius 1 is 1.47 bits per heavy atom. The topological polar surface area (TPSA) is 65.0 Å². The van der Waals surface area contributed by atoms with Gasteiger partial charge in [-0.2, -0.15) is 0 Å². The van der Waals surface area contributed by atoms with Crippen LogP contribution in [0.4, 0.5) is 0 Å². The van der Waals surface area contributed by atoms with E-state index in [1.807, 2.05) is 0 Å². The van der Waals surface area contributed by atoms with Gasteiger partial charge in [-0.15, -0.1) is 0 Å². The summed E-state index contributed by atoms with van der Waals surface area (Å²) in [5.41, 5.74) is 0. The van der Waals surface area contributed by atoms with Crippen LogP contribution in [0.25, 0.3) is 0 Å². The quantitative estimate of drug-likeness (QED) is 0.782. The van der Waals surface area contributed by atoms with Gasteiger partial charge in [-0.25, -0.2) is 0 Å². The van der Waals surface area contributed by atoms with Crippen LogP contribution in [-0.2, 0) is 19.0 Å². The maximum absolute atomic E-state index is 11.5. The van der Waals surface area contributed by atoms with Crippen LogP contribution in [0.2, 0.25) is 0 Å². The Kier molecular flexibility index (Phi) is 3.29. The van der Waals surface area contributed by atoms with Crippen LogP contribution in [0.15, 0.2) is 0 Å². The molecule has 1 N–H and O–H groups in total. The molecule has 0 aliphatic carbocycles. The summed E-state index contributed by atoms with van der Waals surface area (Å²) in [5.74, 6) is -1.37. The third kappa shape index (κ3) is 2.25. The highest BCUT2D eigenvalue weighted by Gasteiger charge is 2.55. The highest BCUT2D eigenvalue weighted by molar-refractivity contribution is 5.81. The molecule has 2 rings (SSSR count). The van der Waals surface area contributed by atoms with Gasteiger partial charge < -0.3 is 19.3 Å². The molecule has 96 valence electrons. The summed E-state index contributed by atoms with van der Waals surface area (Å²) < 4.78 is 16.6. The number of hydrogen-bond donors (Lipinski definition) is 1. The molecule has 0 unspecified atom stereocenters. The van der Waals surface area contributed by atoms with Gasteiger partial charge in [-0.1, -0.05) is 6.92 Å². The summed E-state index contributed by atoms with van der Waals surface area (Å²) in [6.45, 7) is 10.5. The molecule has 2 heterocycles. The summed E-state index contributed by atoms with van der Waals surface area (Å²) in [6, 6.07) is 0. The average Bonchev–Trinajstić information content (AvgIpc) is 2.71. The van der Waals surface area contributed by atoms with Crippen LogP contribution < -0.4 is 0 Å². The molecular formula is C12H18O5. The molecule has 5 nitrogen and oxygen atoms in total. The number of hydrogen-bond acceptors (Lipinski definition) is 5. The van der Waals surface area contributed by atoms with E-state index in [2.05, 4.69) is 0 Å². The minimum atomic E-state index is -0.868. The van der Waals surface area contributed by atoms with Crippen LogP contribution in [-0.4, -0.2) is 41.3 Å². The number of Topliss-reactive ketones (excluding diaryl/α,β-unsaturated/α-hetero) is 1. The Morgan fingerprint density at radius 2 is 2.12 bits per heavy atom. The molecule has 0 saturated carbocycles. The van der Waals surface area contributed by atoms with Crippen molar-refractivity contribution in [3.63, 3.8) is 0 Å². The Balaban J connectivity index is 2.05. The van der Waals surface area contributed by atoms with Crippen LogP contribution in [0.3, 0.4) is 0 Å². The summed E-state index contributed by atoms with van der Waals surface area (Å²) in [6.07, 6.45) is -2.69. The molecule has 17 heavy (non-hydrogen) atoms. The molecule has 2 fully saturated rings. The number of rotatable bonds is 3. The van der Waals surface area contributed by atoms with E-state index >= 15 is 0 Å². The van der Waals surface area contributed by atoms with Gasteiger partial charge in [0.1, 0.15) is 18.0 Å². The van der Waals surface area contributed by atoms with Gasteiger partial charge in [0.2, 0.25) is 0 Å². The van der Waals surface area contributed by atoms with Crippen molar-refractivity contribution in [1.29, 1.82) is 0 Å². The van der Waals surface area contributed by atoms with E-state index < -0.39 is 36.3 Å². The summed E-state index contributed by atoms with van der Waals surface area (Å²) in [4.78, 5) is 11.5. The fourth-order valence-electron chi connectivity index (χ4n) is 2.30. The first kappa shape index (κ1) is 13.0. The van der Waals surface area contributed by atoms with Gasteiger partial charge in [0.05, 0.1) is 6.10 Å². The zero-order valence-electron chi connectivity index (χ0n) is 10.3. The number of ketones is 1. The predicted octanol–water partition coefficient (Wildman–Crippen LogP) is 0.530. The van der Waals surface area contributed by atoms with E-state index in [0.717, 1.165) is 0 Å². The fourth-order valence-corrected chi connectivity index (χ4v) is 2.30. The zero-order valence-corrected chi connectivity index (χ0v) is 10.3. The first-order chi connectivity index (χ1) is 7.85. The SMILES string of the molecule is [CH]CC(=O)[C@H](C)[C@H]1O[C@@H]2OC(C)(C)O[C@@H]2[C@H]1O. The van der Waals surface area contributed by atoms with Crippen molar-refractivity contribution in [2.24, 2.45) is 5.92 Å². The highest BCUT2D eigenvalue weighted by Crippen LogP contribution is 2.39. The third-order valence-corrected chi connectivity index (χ3v) is 3.25. The molecule has 2 radical (unpaired) electrons. The second-order valence-electron chi connectivity index (χ2n) is 5.02. The average molecular weight is 242 g/mol. The minimum absolute atomic E-state index is 0.0592. The van der Waals surface area contributed by atoms with E-state index in [4.69, 9.17) is 21.1 Å². The lowest BCUT2D eigenvalue weighted by Gasteiger charge is -2.25. The molecule has 5 atom stereocenters. The van der Waals surface area contributed by atoms with Crippen molar-refractivity contribution in [2.75, 3.05) is 0 Å². The molecule has 5 heteroatoms. The van der Waals surface area contributed by atoms with Crippen molar-refractivity contribution in [3.8, 4) is 0 Å². The second-order valence-corrected chi connectivity index (χ2v) is 5.02. The smallest absolute Gasteiger partial charge is 0.190 e. The maximum atomic E-state index is 11.5. The van der Waals surface area contributed by atoms with Crippen molar-refractivity contribution in [3.05, 3.63) is 6.92 Å². The summed E-state index contributed by atoms with van der Waals surface area (Å²) in [5, 5.41) is 10.1. The Labute approximate surface area is 101 Å². The number of carbonyl (C=O) groups is 1. The van der Waals surface area contributed by atoms with Gasteiger partial charge in [-0.3, -0.25) is 4.79 Å². The Morgan fingerprint density at radius 3 is 2.65 bits per heavy atom. The second kappa shape index (κ2) is 4.31. The normalized spacial score (nSPS) is 41.2.